The minimum Gasteiger partial charge on any atom is -0.492 e. The quantitative estimate of drug-likeness (QED) is 0.491. The highest BCUT2D eigenvalue weighted by Gasteiger charge is 2.24. The van der Waals surface area contributed by atoms with E-state index in [1.165, 1.54) is 13.3 Å². The number of rotatable bonds is 6. The van der Waals surface area contributed by atoms with Gasteiger partial charge in [-0.3, -0.25) is 4.79 Å². The van der Waals surface area contributed by atoms with Gasteiger partial charge in [-0.1, -0.05) is 12.1 Å². The Labute approximate surface area is 129 Å². The maximum Gasteiger partial charge on any atom is 0.231 e. The smallest absolute Gasteiger partial charge is 0.231 e. The largest absolute Gasteiger partial charge is 0.492 e. The first-order valence-electron chi connectivity index (χ1n) is 7.03. The van der Waals surface area contributed by atoms with E-state index in [4.69, 9.17) is 19.4 Å². The fourth-order valence-corrected chi connectivity index (χ4v) is 2.37. The summed E-state index contributed by atoms with van der Waals surface area (Å²) in [4.78, 5) is 13.3. The Kier molecular flexibility index (Phi) is 5.08. The highest BCUT2D eigenvalue weighted by atomic mass is 16.7. The first kappa shape index (κ1) is 15.9. The Balaban J connectivity index is 2.32. The average Bonchev–Trinajstić information content (AvgIpc) is 2.99. The van der Waals surface area contributed by atoms with Crippen LogP contribution in [0.4, 0.5) is 0 Å². The number of oxime groups is 1. The van der Waals surface area contributed by atoms with E-state index in [0.29, 0.717) is 42.2 Å². The van der Waals surface area contributed by atoms with Crippen LogP contribution in [0.5, 0.6) is 17.2 Å². The van der Waals surface area contributed by atoms with Crippen LogP contribution in [0.3, 0.4) is 0 Å². The van der Waals surface area contributed by atoms with E-state index in [1.54, 1.807) is 11.9 Å². The number of likely N-dealkylation sites (N-methyl/N-ethyl adjacent to an activating group) is 1. The van der Waals surface area contributed by atoms with Gasteiger partial charge in [0, 0.05) is 25.6 Å². The normalized spacial score (nSPS) is 12.7. The topological polar surface area (TPSA) is 80.6 Å². The molecule has 0 atom stereocenters. The molecule has 0 bridgehead atoms. The van der Waals surface area contributed by atoms with E-state index >= 15 is 0 Å². The summed E-state index contributed by atoms with van der Waals surface area (Å²) in [6.07, 6.45) is 2.35. The predicted octanol–water partition coefficient (Wildman–Crippen LogP) is 1.64. The second kappa shape index (κ2) is 7.02. The summed E-state index contributed by atoms with van der Waals surface area (Å²) in [7, 11) is 3.28. The van der Waals surface area contributed by atoms with Gasteiger partial charge in [0.2, 0.25) is 18.4 Å². The van der Waals surface area contributed by atoms with Gasteiger partial charge < -0.3 is 24.3 Å². The van der Waals surface area contributed by atoms with E-state index < -0.39 is 0 Å². The van der Waals surface area contributed by atoms with Crippen LogP contribution in [-0.2, 0) is 11.2 Å². The fraction of sp³-hybridized carbons (Fsp3) is 0.467. The van der Waals surface area contributed by atoms with Gasteiger partial charge in [-0.15, -0.1) is 0 Å². The minimum absolute atomic E-state index is 0.0742. The Morgan fingerprint density at radius 2 is 2.32 bits per heavy atom. The summed E-state index contributed by atoms with van der Waals surface area (Å²) in [5.41, 5.74) is 1.47. The molecule has 0 saturated heterocycles. The molecule has 0 unspecified atom stereocenters. The van der Waals surface area contributed by atoms with E-state index in [1.807, 2.05) is 13.0 Å². The van der Waals surface area contributed by atoms with Crippen LogP contribution in [0.25, 0.3) is 0 Å². The summed E-state index contributed by atoms with van der Waals surface area (Å²) >= 11 is 0. The molecule has 1 aromatic carbocycles. The summed E-state index contributed by atoms with van der Waals surface area (Å²) in [5, 5.41) is 12.0. The number of methoxy groups -OCH3 is 1. The molecule has 120 valence electrons. The molecular weight excluding hydrogens is 288 g/mol. The van der Waals surface area contributed by atoms with Gasteiger partial charge in [-0.25, -0.2) is 0 Å². The van der Waals surface area contributed by atoms with E-state index in [0.717, 1.165) is 5.56 Å². The Morgan fingerprint density at radius 1 is 1.55 bits per heavy atom. The van der Waals surface area contributed by atoms with Gasteiger partial charge in [0.15, 0.2) is 11.5 Å². The third kappa shape index (κ3) is 3.08. The first-order valence-corrected chi connectivity index (χ1v) is 7.03. The lowest BCUT2D eigenvalue weighted by molar-refractivity contribution is -0.129. The summed E-state index contributed by atoms with van der Waals surface area (Å²) in [6, 6.07) is 1.83. The third-order valence-electron chi connectivity index (χ3n) is 3.58. The van der Waals surface area contributed by atoms with E-state index in [-0.39, 0.29) is 12.7 Å². The predicted molar refractivity (Wildman–Crippen MR) is 80.1 cm³/mol. The molecule has 1 N–H and O–H groups in total. The number of carbonyl (C=O) groups excluding carboxylic acids is 1. The van der Waals surface area contributed by atoms with Crippen molar-refractivity contribution in [3.8, 4) is 17.2 Å². The van der Waals surface area contributed by atoms with Crippen molar-refractivity contribution in [1.29, 1.82) is 0 Å². The standard InChI is InChI=1S/C15H20N2O5/c1-4-13(18)17(2)6-5-10-7-12-15(22-9-21-12)14(20-3)11(10)8-16-19/h7-8,19H,4-6,9H2,1-3H3/b16-8-. The van der Waals surface area contributed by atoms with Gasteiger partial charge in [0.05, 0.1) is 13.3 Å². The van der Waals surface area contributed by atoms with Crippen molar-refractivity contribution < 1.29 is 24.2 Å². The minimum atomic E-state index is 0.0742. The van der Waals surface area contributed by atoms with Crippen LogP contribution in [-0.4, -0.2) is 49.7 Å². The zero-order valence-corrected chi connectivity index (χ0v) is 13.0. The van der Waals surface area contributed by atoms with E-state index in [9.17, 15) is 4.79 Å². The number of hydrogen-bond donors (Lipinski definition) is 1. The molecule has 22 heavy (non-hydrogen) atoms. The molecule has 0 saturated carbocycles. The number of carbonyl (C=O) groups is 1. The van der Waals surface area contributed by atoms with Crippen molar-refractivity contribution in [3.05, 3.63) is 17.2 Å². The fourth-order valence-electron chi connectivity index (χ4n) is 2.37. The van der Waals surface area contributed by atoms with Crippen LogP contribution >= 0.6 is 0 Å². The lowest BCUT2D eigenvalue weighted by Gasteiger charge is -2.18. The molecule has 1 amide bonds. The molecule has 1 aromatic rings. The van der Waals surface area contributed by atoms with Crippen LogP contribution in [0.2, 0.25) is 0 Å². The Morgan fingerprint density at radius 3 is 2.95 bits per heavy atom. The SMILES string of the molecule is CCC(=O)N(C)CCc1cc2c(c(OC)c1/C=N\O)OCO2. The van der Waals surface area contributed by atoms with Gasteiger partial charge in [-0.2, -0.15) is 0 Å². The van der Waals surface area contributed by atoms with Gasteiger partial charge >= 0.3 is 0 Å². The molecule has 1 heterocycles. The lowest BCUT2D eigenvalue weighted by atomic mass is 10.0. The van der Waals surface area contributed by atoms with Gasteiger partial charge in [0.1, 0.15) is 0 Å². The number of ether oxygens (including phenoxy) is 3. The molecule has 2 rings (SSSR count). The lowest BCUT2D eigenvalue weighted by Crippen LogP contribution is -2.28. The van der Waals surface area contributed by atoms with Crippen molar-refractivity contribution in [2.24, 2.45) is 5.16 Å². The van der Waals surface area contributed by atoms with E-state index in [2.05, 4.69) is 5.16 Å². The Hall–Kier alpha value is -2.44. The molecule has 1 aliphatic heterocycles. The average molecular weight is 308 g/mol. The van der Waals surface area contributed by atoms with Gasteiger partial charge in [-0.05, 0) is 18.1 Å². The molecule has 0 radical (unpaired) electrons. The number of amides is 1. The van der Waals surface area contributed by atoms with Crippen molar-refractivity contribution in [3.63, 3.8) is 0 Å². The monoisotopic (exact) mass is 308 g/mol. The van der Waals surface area contributed by atoms with Crippen LogP contribution in [0.15, 0.2) is 11.2 Å². The van der Waals surface area contributed by atoms with Crippen LogP contribution < -0.4 is 14.2 Å². The van der Waals surface area contributed by atoms with Crippen molar-refractivity contribution >= 4 is 12.1 Å². The Bertz CT molecular complexity index is 586. The van der Waals surface area contributed by atoms with Crippen molar-refractivity contribution in [2.75, 3.05) is 27.5 Å². The maximum absolute atomic E-state index is 11.6. The summed E-state index contributed by atoms with van der Waals surface area (Å²) in [6.45, 7) is 2.49. The van der Waals surface area contributed by atoms with Crippen LogP contribution in [0, 0.1) is 0 Å². The highest BCUT2D eigenvalue weighted by molar-refractivity contribution is 5.88. The number of hydrogen-bond acceptors (Lipinski definition) is 6. The molecule has 1 aliphatic rings. The second-order valence-corrected chi connectivity index (χ2v) is 4.88. The molecule has 0 aromatic heterocycles. The number of fused-ring (bicyclic) bond motifs is 1. The molecular formula is C15H20N2O5. The van der Waals surface area contributed by atoms with Crippen molar-refractivity contribution in [2.45, 2.75) is 19.8 Å². The zero-order valence-electron chi connectivity index (χ0n) is 13.0. The summed E-state index contributed by atoms with van der Waals surface area (Å²) in [5.74, 6) is 1.63. The molecule has 7 nitrogen and oxygen atoms in total. The molecule has 7 heteroatoms. The zero-order chi connectivity index (χ0) is 16.1. The molecule has 0 aliphatic carbocycles. The first-order chi connectivity index (χ1) is 10.6. The van der Waals surface area contributed by atoms with Gasteiger partial charge in [0.25, 0.3) is 0 Å². The number of nitrogens with zero attached hydrogens (tertiary/aromatic N) is 2. The number of benzene rings is 1. The third-order valence-corrected chi connectivity index (χ3v) is 3.58. The molecule has 0 fully saturated rings. The highest BCUT2D eigenvalue weighted by Crippen LogP contribution is 2.44. The van der Waals surface area contributed by atoms with Crippen molar-refractivity contribution in [1.82, 2.24) is 4.90 Å². The molecule has 0 spiro atoms. The second-order valence-electron chi connectivity index (χ2n) is 4.88. The summed E-state index contributed by atoms with van der Waals surface area (Å²) < 4.78 is 16.2. The maximum atomic E-state index is 11.6. The van der Waals surface area contributed by atoms with Crippen LogP contribution in [0.1, 0.15) is 24.5 Å².